The molecule has 13 heteroatoms. The number of benzene rings is 2. The summed E-state index contributed by atoms with van der Waals surface area (Å²) >= 11 is 0. The Kier molecular flexibility index (Phi) is 6.90. The minimum atomic E-state index is -3.81. The van der Waals surface area contributed by atoms with Crippen LogP contribution < -0.4 is 10.9 Å². The number of aliphatic hydroxyl groups is 1. The first-order chi connectivity index (χ1) is 17.5. The summed E-state index contributed by atoms with van der Waals surface area (Å²) in [7, 11) is 1.56. The predicted molar refractivity (Wildman–Crippen MR) is 123 cm³/mol. The number of hydrogen-bond donors (Lipinski definition) is 2. The van der Waals surface area contributed by atoms with Crippen LogP contribution in [0.5, 0.6) is 0 Å². The van der Waals surface area contributed by atoms with E-state index in [0.29, 0.717) is 5.69 Å². The van der Waals surface area contributed by atoms with Gasteiger partial charge >= 0.3 is 0 Å². The Bertz CT molecular complexity index is 1540. The van der Waals surface area contributed by atoms with Gasteiger partial charge in [0.2, 0.25) is 0 Å². The number of aromatic nitrogens is 5. The van der Waals surface area contributed by atoms with Crippen molar-refractivity contribution in [3.8, 4) is 16.9 Å². The first-order valence-corrected chi connectivity index (χ1v) is 10.9. The van der Waals surface area contributed by atoms with Crippen molar-refractivity contribution >= 4 is 5.91 Å². The molecule has 4 rings (SSSR count). The van der Waals surface area contributed by atoms with Gasteiger partial charge in [0.05, 0.1) is 29.2 Å². The third-order valence-corrected chi connectivity index (χ3v) is 5.65. The van der Waals surface area contributed by atoms with Gasteiger partial charge in [-0.05, 0) is 37.3 Å². The highest BCUT2D eigenvalue weighted by Crippen LogP contribution is 2.32. The van der Waals surface area contributed by atoms with Crippen molar-refractivity contribution in [2.24, 2.45) is 7.05 Å². The van der Waals surface area contributed by atoms with E-state index in [1.54, 1.807) is 7.05 Å². The van der Waals surface area contributed by atoms with Gasteiger partial charge in [-0.25, -0.2) is 13.5 Å². The van der Waals surface area contributed by atoms with Crippen molar-refractivity contribution in [1.82, 2.24) is 30.1 Å². The van der Waals surface area contributed by atoms with E-state index in [0.717, 1.165) is 28.9 Å². The molecule has 0 bridgehead atoms. The molecule has 0 aliphatic rings. The Morgan fingerprint density at radius 1 is 1.16 bits per heavy atom. The van der Waals surface area contributed by atoms with Crippen LogP contribution in [0.15, 0.2) is 59.5 Å². The number of alkyl halides is 2. The number of aryl methyl sites for hydroxylation is 1. The largest absolute Gasteiger partial charge is 0.390 e. The van der Waals surface area contributed by atoms with Gasteiger partial charge in [0.15, 0.2) is 0 Å². The zero-order chi connectivity index (χ0) is 26.9. The molecule has 0 aliphatic carbocycles. The number of carbonyl (C=O) groups is 1. The second kappa shape index (κ2) is 9.93. The van der Waals surface area contributed by atoms with Gasteiger partial charge in [0, 0.05) is 24.2 Å². The highest BCUT2D eigenvalue weighted by molar-refractivity contribution is 5.92. The van der Waals surface area contributed by atoms with E-state index >= 15 is 0 Å². The minimum absolute atomic E-state index is 0.0946. The molecule has 0 saturated carbocycles. The van der Waals surface area contributed by atoms with Crippen LogP contribution in [0.25, 0.3) is 16.9 Å². The van der Waals surface area contributed by atoms with Crippen molar-refractivity contribution < 1.29 is 27.5 Å². The molecule has 0 unspecified atom stereocenters. The Balaban J connectivity index is 1.64. The van der Waals surface area contributed by atoms with E-state index in [-0.39, 0.29) is 22.5 Å². The fourth-order valence-corrected chi connectivity index (χ4v) is 3.69. The average molecular weight is 516 g/mol. The summed E-state index contributed by atoms with van der Waals surface area (Å²) in [5, 5.41) is 22.8. The molecule has 0 saturated heterocycles. The van der Waals surface area contributed by atoms with Crippen LogP contribution in [0.1, 0.15) is 34.6 Å². The maximum atomic E-state index is 14.8. The van der Waals surface area contributed by atoms with E-state index in [2.05, 4.69) is 20.7 Å². The van der Waals surface area contributed by atoms with Gasteiger partial charge < -0.3 is 10.4 Å². The molecular weight excluding hydrogens is 496 g/mol. The van der Waals surface area contributed by atoms with Crippen LogP contribution >= 0.6 is 0 Å². The normalized spacial score (nSPS) is 12.4. The molecule has 2 aromatic heterocycles. The second-order valence-electron chi connectivity index (χ2n) is 8.14. The van der Waals surface area contributed by atoms with Gasteiger partial charge in [-0.2, -0.15) is 18.6 Å². The Labute approximate surface area is 207 Å². The lowest BCUT2D eigenvalue weighted by molar-refractivity contribution is -0.0584. The van der Waals surface area contributed by atoms with Gasteiger partial charge in [0.25, 0.3) is 17.4 Å². The lowest BCUT2D eigenvalue weighted by atomic mass is 10.0. The van der Waals surface area contributed by atoms with E-state index in [9.17, 15) is 27.2 Å². The topological polar surface area (TPSA) is 115 Å². The molecule has 9 nitrogen and oxygen atoms in total. The average Bonchev–Trinajstić information content (AvgIpc) is 3.30. The summed E-state index contributed by atoms with van der Waals surface area (Å²) in [5.41, 5.74) is -1.51. The highest BCUT2D eigenvalue weighted by Gasteiger charge is 2.35. The quantitative estimate of drug-likeness (QED) is 0.365. The first kappa shape index (κ1) is 25.7. The van der Waals surface area contributed by atoms with Gasteiger partial charge in [0.1, 0.15) is 23.9 Å². The lowest BCUT2D eigenvalue weighted by Crippen LogP contribution is -2.31. The molecule has 0 fully saturated rings. The number of halogens is 4. The number of amides is 1. The third kappa shape index (κ3) is 4.98. The summed E-state index contributed by atoms with van der Waals surface area (Å²) in [5.74, 6) is -6.49. The number of nitrogens with one attached hydrogen (secondary N) is 1. The molecule has 4 aromatic rings. The first-order valence-electron chi connectivity index (χ1n) is 10.9. The molecule has 192 valence electrons. The molecule has 1 amide bonds. The third-order valence-electron chi connectivity index (χ3n) is 5.65. The van der Waals surface area contributed by atoms with Crippen molar-refractivity contribution in [1.29, 1.82) is 0 Å². The summed E-state index contributed by atoms with van der Waals surface area (Å²) in [6.45, 7) is -0.205. The number of carbonyl (C=O) groups excluding carboxylic acids is 1. The van der Waals surface area contributed by atoms with Crippen LogP contribution in [-0.2, 0) is 13.0 Å². The van der Waals surface area contributed by atoms with Gasteiger partial charge in [-0.3, -0.25) is 9.59 Å². The van der Waals surface area contributed by atoms with E-state index in [4.69, 9.17) is 5.11 Å². The van der Waals surface area contributed by atoms with Gasteiger partial charge in [-0.1, -0.05) is 17.3 Å². The smallest absolute Gasteiger partial charge is 0.298 e. The lowest BCUT2D eigenvalue weighted by Gasteiger charge is -2.20. The Hall–Kier alpha value is -4.39. The number of rotatable bonds is 7. The zero-order valence-corrected chi connectivity index (χ0v) is 19.5. The van der Waals surface area contributed by atoms with Crippen LogP contribution in [0, 0.1) is 11.6 Å². The Morgan fingerprint density at radius 3 is 2.59 bits per heavy atom. The molecule has 0 aliphatic heterocycles. The molecule has 37 heavy (non-hydrogen) atoms. The summed E-state index contributed by atoms with van der Waals surface area (Å²) in [4.78, 5) is 25.3. The highest BCUT2D eigenvalue weighted by atomic mass is 19.3. The van der Waals surface area contributed by atoms with Crippen molar-refractivity contribution in [3.63, 3.8) is 0 Å². The molecular formula is C24H20F4N6O3. The fraction of sp³-hybridized carbons (Fsp3) is 0.208. The van der Waals surface area contributed by atoms with Crippen LogP contribution in [-0.4, -0.2) is 42.4 Å². The molecule has 2 N–H and O–H groups in total. The second-order valence-corrected chi connectivity index (χ2v) is 8.14. The summed E-state index contributed by atoms with van der Waals surface area (Å²) < 4.78 is 59.2. The number of aliphatic hydroxyl groups excluding tert-OH is 1. The maximum absolute atomic E-state index is 14.8. The monoisotopic (exact) mass is 516 g/mol. The fourth-order valence-electron chi connectivity index (χ4n) is 3.69. The van der Waals surface area contributed by atoms with Crippen molar-refractivity contribution in [2.45, 2.75) is 18.9 Å². The summed E-state index contributed by atoms with van der Waals surface area (Å²) in [6, 6.07) is 8.16. The zero-order valence-electron chi connectivity index (χ0n) is 19.5. The van der Waals surface area contributed by atoms with Crippen LogP contribution in [0.2, 0.25) is 0 Å². The summed E-state index contributed by atoms with van der Waals surface area (Å²) in [6.07, 6.45) is 1.34. The Morgan fingerprint density at radius 2 is 1.92 bits per heavy atom. The maximum Gasteiger partial charge on any atom is 0.298 e. The van der Waals surface area contributed by atoms with Gasteiger partial charge in [-0.15, -0.1) is 5.10 Å². The molecule has 2 heterocycles. The van der Waals surface area contributed by atoms with Crippen molar-refractivity contribution in [2.75, 3.05) is 6.61 Å². The molecule has 1 atom stereocenters. The van der Waals surface area contributed by atoms with E-state index in [1.165, 1.54) is 42.1 Å². The van der Waals surface area contributed by atoms with Crippen LogP contribution in [0.4, 0.5) is 17.6 Å². The van der Waals surface area contributed by atoms with E-state index in [1.807, 2.05) is 0 Å². The SMILES string of the molecule is C[C@@H](NC(=O)c1ccc(=O)n(-c2ccc(F)c(-c3cnnn3C)c2)n1)c1cccc(C(F)(F)CO)c1F. The molecule has 2 aromatic carbocycles. The number of nitrogens with zero attached hydrogens (tertiary/aromatic N) is 5. The number of hydrogen-bond acceptors (Lipinski definition) is 6. The van der Waals surface area contributed by atoms with Crippen molar-refractivity contribution in [3.05, 3.63) is 93.5 Å². The molecule has 0 radical (unpaired) electrons. The minimum Gasteiger partial charge on any atom is -0.390 e. The van der Waals surface area contributed by atoms with E-state index < -0.39 is 47.2 Å². The molecule has 0 spiro atoms. The van der Waals surface area contributed by atoms with Crippen LogP contribution in [0.3, 0.4) is 0 Å². The predicted octanol–water partition coefficient (Wildman–Crippen LogP) is 2.88. The standard InChI is InChI=1S/C24H20F4N6O3/c1-13(15-4-3-5-17(22(15)26)24(27,28)12-35)30-23(37)19-8-9-21(36)34(31-19)14-6-7-18(25)16(10-14)20-11-29-32-33(20)2/h3-11,13,35H,12H2,1-2H3,(H,30,37)/t13-/m1/s1.